The number of hydroxylamine groups is 1. The lowest BCUT2D eigenvalue weighted by atomic mass is 10.1. The van der Waals surface area contributed by atoms with Crippen LogP contribution >= 0.6 is 0 Å². The summed E-state index contributed by atoms with van der Waals surface area (Å²) in [6, 6.07) is 7.75. The number of rotatable bonds is 8. The molecule has 0 aliphatic carbocycles. The Kier molecular flexibility index (Phi) is 6.78. The molecule has 1 amide bonds. The van der Waals surface area contributed by atoms with E-state index >= 15 is 0 Å². The van der Waals surface area contributed by atoms with Crippen molar-refractivity contribution in [1.29, 1.82) is 0 Å². The van der Waals surface area contributed by atoms with Crippen LogP contribution in [-0.4, -0.2) is 34.9 Å². The average Bonchev–Trinajstić information content (AvgIpc) is 2.64. The van der Waals surface area contributed by atoms with E-state index in [4.69, 9.17) is 5.21 Å². The number of aryl methyl sites for hydroxylation is 1. The first kappa shape index (κ1) is 20.7. The second-order valence-corrected chi connectivity index (χ2v) is 7.83. The third-order valence-electron chi connectivity index (χ3n) is 3.86. The number of benzene rings is 1. The summed E-state index contributed by atoms with van der Waals surface area (Å²) in [5, 5.41) is 9.02. The number of pyridine rings is 1. The molecule has 0 fully saturated rings. The molecule has 0 radical (unpaired) electrons. The van der Waals surface area contributed by atoms with Gasteiger partial charge in [0.25, 0.3) is 5.91 Å². The number of aromatic nitrogens is 1. The molecule has 144 valence electrons. The van der Waals surface area contributed by atoms with Gasteiger partial charge in [-0.25, -0.2) is 18.3 Å². The second-order valence-electron chi connectivity index (χ2n) is 5.94. The number of carbonyl (C=O) groups excluding carboxylic acids is 1. The highest BCUT2D eigenvalue weighted by Gasteiger charge is 2.36. The fraction of sp³-hybridized carbons (Fsp3) is 0.222. The Morgan fingerprint density at radius 1 is 1.33 bits per heavy atom. The maximum absolute atomic E-state index is 13.5. The second kappa shape index (κ2) is 8.85. The molecule has 2 N–H and O–H groups in total. The molecule has 1 atom stereocenters. The van der Waals surface area contributed by atoms with Gasteiger partial charge in [-0.2, -0.15) is 4.31 Å². The van der Waals surface area contributed by atoms with Gasteiger partial charge in [-0.15, -0.1) is 0 Å². The predicted octanol–water partition coefficient (Wildman–Crippen LogP) is 2.33. The molecule has 0 spiro atoms. The standard InChI is InChI=1S/C18H20FN3O4S/c1-13-5-7-16(8-6-13)27(25,26)22(12-15-4-3-9-20-11-15)17(10-14(2)19)18(23)21-24/h3-9,11,17,24H,2,10,12H2,1H3,(H,21,23)/t17-/m1/s1. The third-order valence-corrected chi connectivity index (χ3v) is 5.73. The van der Waals surface area contributed by atoms with Crippen molar-refractivity contribution < 1.29 is 22.8 Å². The molecule has 1 aromatic heterocycles. The number of nitrogens with zero attached hydrogens (tertiary/aromatic N) is 2. The number of halogens is 1. The van der Waals surface area contributed by atoms with Gasteiger partial charge < -0.3 is 0 Å². The number of nitrogens with one attached hydrogen (secondary N) is 1. The molecule has 7 nitrogen and oxygen atoms in total. The average molecular weight is 393 g/mol. The number of carbonyl (C=O) groups is 1. The van der Waals surface area contributed by atoms with Gasteiger partial charge >= 0.3 is 0 Å². The van der Waals surface area contributed by atoms with Crippen LogP contribution in [0.5, 0.6) is 0 Å². The molecule has 0 aliphatic heterocycles. The fourth-order valence-electron chi connectivity index (χ4n) is 2.49. The van der Waals surface area contributed by atoms with Gasteiger partial charge in [-0.05, 0) is 30.7 Å². The summed E-state index contributed by atoms with van der Waals surface area (Å²) in [6.07, 6.45) is 2.36. The molecule has 2 rings (SSSR count). The summed E-state index contributed by atoms with van der Waals surface area (Å²) >= 11 is 0. The Hall–Kier alpha value is -2.62. The van der Waals surface area contributed by atoms with Crippen molar-refractivity contribution in [3.8, 4) is 0 Å². The number of amides is 1. The predicted molar refractivity (Wildman–Crippen MR) is 96.7 cm³/mol. The highest BCUT2D eigenvalue weighted by Crippen LogP contribution is 2.24. The number of sulfonamides is 1. The van der Waals surface area contributed by atoms with E-state index in [0.29, 0.717) is 5.56 Å². The molecular formula is C18H20FN3O4S. The molecule has 1 aromatic carbocycles. The molecule has 27 heavy (non-hydrogen) atoms. The van der Waals surface area contributed by atoms with Crippen molar-refractivity contribution >= 4 is 15.9 Å². The van der Waals surface area contributed by atoms with Crippen LogP contribution in [0.25, 0.3) is 0 Å². The Bertz CT molecular complexity index is 902. The molecule has 1 heterocycles. The van der Waals surface area contributed by atoms with Crippen molar-refractivity contribution in [2.75, 3.05) is 0 Å². The van der Waals surface area contributed by atoms with Gasteiger partial charge in [-0.1, -0.05) is 30.3 Å². The molecule has 0 bridgehead atoms. The summed E-state index contributed by atoms with van der Waals surface area (Å²) < 4.78 is 40.7. The van der Waals surface area contributed by atoms with Gasteiger partial charge in [0.05, 0.1) is 10.7 Å². The molecule has 0 saturated carbocycles. The van der Waals surface area contributed by atoms with Gasteiger partial charge in [-0.3, -0.25) is 15.0 Å². The van der Waals surface area contributed by atoms with Gasteiger partial charge in [0.15, 0.2) is 0 Å². The molecule has 9 heteroatoms. The molecule has 0 aliphatic rings. The number of hydrogen-bond acceptors (Lipinski definition) is 5. The lowest BCUT2D eigenvalue weighted by Crippen LogP contribution is -2.48. The van der Waals surface area contributed by atoms with Crippen LogP contribution in [0, 0.1) is 6.92 Å². The number of hydrogen-bond donors (Lipinski definition) is 2. The van der Waals surface area contributed by atoms with Crippen LogP contribution in [0.3, 0.4) is 0 Å². The smallest absolute Gasteiger partial charge is 0.262 e. The maximum atomic E-state index is 13.5. The lowest BCUT2D eigenvalue weighted by molar-refractivity contribution is -0.133. The van der Waals surface area contributed by atoms with E-state index in [-0.39, 0.29) is 11.4 Å². The minimum absolute atomic E-state index is 0.0581. The molecule has 0 saturated heterocycles. The van der Waals surface area contributed by atoms with Gasteiger partial charge in [0, 0.05) is 25.4 Å². The Balaban J connectivity index is 2.54. The van der Waals surface area contributed by atoms with E-state index in [1.165, 1.54) is 30.0 Å². The maximum Gasteiger partial charge on any atom is 0.262 e. The highest BCUT2D eigenvalue weighted by atomic mass is 32.2. The first-order chi connectivity index (χ1) is 12.8. The van der Waals surface area contributed by atoms with Gasteiger partial charge in [0.1, 0.15) is 6.04 Å². The zero-order valence-corrected chi connectivity index (χ0v) is 15.5. The van der Waals surface area contributed by atoms with Crippen molar-refractivity contribution in [1.82, 2.24) is 14.8 Å². The van der Waals surface area contributed by atoms with Crippen molar-refractivity contribution in [2.24, 2.45) is 0 Å². The summed E-state index contributed by atoms with van der Waals surface area (Å²) in [5.41, 5.74) is 2.75. The topological polar surface area (TPSA) is 99.6 Å². The SMILES string of the molecule is C=C(F)C[C@H](C(=O)NO)N(Cc1cccnc1)S(=O)(=O)c1ccc(C)cc1. The Labute approximate surface area is 157 Å². The van der Waals surface area contributed by atoms with Gasteiger partial charge in [0.2, 0.25) is 10.0 Å². The van der Waals surface area contributed by atoms with E-state index in [2.05, 4.69) is 11.6 Å². The van der Waals surface area contributed by atoms with E-state index in [1.54, 1.807) is 31.2 Å². The normalized spacial score (nSPS) is 12.6. The Morgan fingerprint density at radius 2 is 2.00 bits per heavy atom. The summed E-state index contributed by atoms with van der Waals surface area (Å²) in [6.45, 7) is 4.67. The summed E-state index contributed by atoms with van der Waals surface area (Å²) in [4.78, 5) is 16.0. The van der Waals surface area contributed by atoms with E-state index in [0.717, 1.165) is 9.87 Å². The van der Waals surface area contributed by atoms with Crippen LogP contribution in [0.1, 0.15) is 17.5 Å². The van der Waals surface area contributed by atoms with Crippen molar-refractivity contribution in [3.63, 3.8) is 0 Å². The summed E-state index contributed by atoms with van der Waals surface area (Å²) in [7, 11) is -4.19. The van der Waals surface area contributed by atoms with E-state index in [1.807, 2.05) is 0 Å². The van der Waals surface area contributed by atoms with Crippen LogP contribution < -0.4 is 5.48 Å². The van der Waals surface area contributed by atoms with Crippen LogP contribution in [0.4, 0.5) is 4.39 Å². The van der Waals surface area contributed by atoms with Crippen LogP contribution in [0.2, 0.25) is 0 Å². The first-order valence-electron chi connectivity index (χ1n) is 8.00. The molecular weight excluding hydrogens is 373 g/mol. The zero-order valence-electron chi connectivity index (χ0n) is 14.7. The third kappa shape index (κ3) is 5.19. The fourth-order valence-corrected chi connectivity index (χ4v) is 4.06. The van der Waals surface area contributed by atoms with Crippen molar-refractivity contribution in [2.45, 2.75) is 30.8 Å². The minimum Gasteiger partial charge on any atom is -0.289 e. The largest absolute Gasteiger partial charge is 0.289 e. The Morgan fingerprint density at radius 3 is 2.52 bits per heavy atom. The van der Waals surface area contributed by atoms with Crippen molar-refractivity contribution in [3.05, 3.63) is 72.3 Å². The molecule has 2 aromatic rings. The van der Waals surface area contributed by atoms with Crippen LogP contribution in [0.15, 0.2) is 66.1 Å². The lowest BCUT2D eigenvalue weighted by Gasteiger charge is -2.29. The van der Waals surface area contributed by atoms with E-state index < -0.39 is 34.2 Å². The van der Waals surface area contributed by atoms with Crippen LogP contribution in [-0.2, 0) is 21.4 Å². The minimum atomic E-state index is -4.19. The monoisotopic (exact) mass is 393 g/mol. The highest BCUT2D eigenvalue weighted by molar-refractivity contribution is 7.89. The first-order valence-corrected chi connectivity index (χ1v) is 9.44. The zero-order chi connectivity index (χ0) is 20.0. The quantitative estimate of drug-likeness (QED) is 0.530. The van der Waals surface area contributed by atoms with E-state index in [9.17, 15) is 17.6 Å². The molecule has 0 unspecified atom stereocenters. The summed E-state index contributed by atoms with van der Waals surface area (Å²) in [5.74, 6) is -1.95.